The lowest BCUT2D eigenvalue weighted by molar-refractivity contribution is 0.268. The number of hydrogen-bond donors (Lipinski definition) is 0. The maximum Gasteiger partial charge on any atom is 0.146 e. The third-order valence-electron chi connectivity index (χ3n) is 1.69. The van der Waals surface area contributed by atoms with Gasteiger partial charge >= 0.3 is 0 Å². The minimum atomic E-state index is 0.426. The Bertz CT molecular complexity index is 400. The first kappa shape index (κ1) is 9.27. The Hall–Kier alpha value is -1.29. The average Bonchev–Trinajstić information content (AvgIpc) is 2.69. The van der Waals surface area contributed by atoms with E-state index in [9.17, 15) is 0 Å². The van der Waals surface area contributed by atoms with Crippen molar-refractivity contribution in [2.75, 3.05) is 0 Å². The molecule has 0 aliphatic rings. The summed E-state index contributed by atoms with van der Waals surface area (Å²) >= 11 is 3.34. The van der Waals surface area contributed by atoms with Crippen LogP contribution in [0.4, 0.5) is 0 Å². The molecule has 0 aliphatic heterocycles. The number of hydrogen-bond acceptors (Lipinski definition) is 3. The molecule has 3 nitrogen and oxygen atoms in total. The highest BCUT2D eigenvalue weighted by atomic mass is 79.9. The molecular formula is C10H8BrNO2. The maximum absolute atomic E-state index is 5.50. The van der Waals surface area contributed by atoms with E-state index in [-0.39, 0.29) is 0 Å². The van der Waals surface area contributed by atoms with Gasteiger partial charge in [-0.05, 0) is 34.1 Å². The Kier molecular flexibility index (Phi) is 2.84. The summed E-state index contributed by atoms with van der Waals surface area (Å²) in [4.78, 5) is 3.94. The summed E-state index contributed by atoms with van der Waals surface area (Å²) in [6, 6.07) is 5.50. The van der Waals surface area contributed by atoms with Gasteiger partial charge in [0.15, 0.2) is 0 Å². The zero-order chi connectivity index (χ0) is 9.80. The van der Waals surface area contributed by atoms with Gasteiger partial charge in [0, 0.05) is 12.4 Å². The van der Waals surface area contributed by atoms with Gasteiger partial charge in [0.25, 0.3) is 0 Å². The fourth-order valence-electron chi connectivity index (χ4n) is 1.02. The number of aromatic nitrogens is 1. The molecule has 0 bridgehead atoms. The van der Waals surface area contributed by atoms with E-state index in [1.165, 1.54) is 0 Å². The van der Waals surface area contributed by atoms with E-state index < -0.39 is 0 Å². The normalized spacial score (nSPS) is 10.1. The summed E-state index contributed by atoms with van der Waals surface area (Å²) < 4.78 is 11.5. The van der Waals surface area contributed by atoms with Crippen molar-refractivity contribution in [3.05, 3.63) is 47.1 Å². The Balaban J connectivity index is 2.02. The Morgan fingerprint density at radius 2 is 2.36 bits per heavy atom. The largest absolute Gasteiger partial charge is 0.484 e. The van der Waals surface area contributed by atoms with Gasteiger partial charge in [0.2, 0.25) is 0 Å². The van der Waals surface area contributed by atoms with E-state index in [2.05, 4.69) is 20.9 Å². The van der Waals surface area contributed by atoms with Crippen LogP contribution in [0.3, 0.4) is 0 Å². The molecule has 0 unspecified atom stereocenters. The van der Waals surface area contributed by atoms with E-state index in [0.29, 0.717) is 6.61 Å². The van der Waals surface area contributed by atoms with Gasteiger partial charge in [-0.1, -0.05) is 0 Å². The quantitative estimate of drug-likeness (QED) is 0.844. The molecule has 2 aromatic heterocycles. The second-order valence-corrected chi connectivity index (χ2v) is 3.53. The van der Waals surface area contributed by atoms with Crippen LogP contribution >= 0.6 is 15.9 Å². The van der Waals surface area contributed by atoms with E-state index in [4.69, 9.17) is 9.15 Å². The Morgan fingerprint density at radius 3 is 3.07 bits per heavy atom. The minimum absolute atomic E-state index is 0.426. The van der Waals surface area contributed by atoms with Crippen LogP contribution in [-0.2, 0) is 6.61 Å². The van der Waals surface area contributed by atoms with Crippen molar-refractivity contribution in [1.82, 2.24) is 4.98 Å². The van der Waals surface area contributed by atoms with Crippen molar-refractivity contribution in [3.8, 4) is 5.75 Å². The lowest BCUT2D eigenvalue weighted by atomic mass is 10.4. The highest BCUT2D eigenvalue weighted by Crippen LogP contribution is 2.23. The first-order valence-corrected chi connectivity index (χ1v) is 4.90. The van der Waals surface area contributed by atoms with Crippen LogP contribution in [-0.4, -0.2) is 4.98 Å². The first-order valence-electron chi connectivity index (χ1n) is 4.11. The monoisotopic (exact) mass is 253 g/mol. The van der Waals surface area contributed by atoms with Crippen LogP contribution in [0.15, 0.2) is 45.7 Å². The second-order valence-electron chi connectivity index (χ2n) is 2.67. The summed E-state index contributed by atoms with van der Waals surface area (Å²) in [7, 11) is 0. The van der Waals surface area contributed by atoms with Crippen LogP contribution in [0, 0.1) is 0 Å². The molecule has 14 heavy (non-hydrogen) atoms. The maximum atomic E-state index is 5.50. The molecule has 0 amide bonds. The predicted octanol–water partition coefficient (Wildman–Crippen LogP) is 3.02. The summed E-state index contributed by atoms with van der Waals surface area (Å²) in [5, 5.41) is 0. The molecular weight excluding hydrogens is 246 g/mol. The van der Waals surface area contributed by atoms with Gasteiger partial charge in [-0.3, -0.25) is 4.98 Å². The van der Waals surface area contributed by atoms with Gasteiger partial charge in [0.1, 0.15) is 18.1 Å². The molecule has 0 saturated carbocycles. The molecule has 0 atom stereocenters. The van der Waals surface area contributed by atoms with Crippen molar-refractivity contribution in [1.29, 1.82) is 0 Å². The summed E-state index contributed by atoms with van der Waals surface area (Å²) in [5.41, 5.74) is 0. The molecule has 0 saturated heterocycles. The topological polar surface area (TPSA) is 35.3 Å². The van der Waals surface area contributed by atoms with E-state index >= 15 is 0 Å². The van der Waals surface area contributed by atoms with Gasteiger partial charge < -0.3 is 9.15 Å². The van der Waals surface area contributed by atoms with E-state index in [0.717, 1.165) is 16.0 Å². The van der Waals surface area contributed by atoms with E-state index in [1.54, 1.807) is 24.7 Å². The summed E-state index contributed by atoms with van der Waals surface area (Å²) in [6.45, 7) is 0.426. The van der Waals surface area contributed by atoms with Crippen molar-refractivity contribution in [3.63, 3.8) is 0 Å². The van der Waals surface area contributed by atoms with Crippen LogP contribution in [0.25, 0.3) is 0 Å². The van der Waals surface area contributed by atoms with Crippen molar-refractivity contribution in [2.24, 2.45) is 0 Å². The summed E-state index contributed by atoms with van der Waals surface area (Å²) in [6.07, 6.45) is 5.00. The predicted molar refractivity (Wildman–Crippen MR) is 55.0 cm³/mol. The molecule has 0 aliphatic carbocycles. The zero-order valence-corrected chi connectivity index (χ0v) is 8.90. The highest BCUT2D eigenvalue weighted by Gasteiger charge is 2.01. The van der Waals surface area contributed by atoms with Crippen LogP contribution in [0.5, 0.6) is 5.75 Å². The number of rotatable bonds is 3. The average molecular weight is 254 g/mol. The second kappa shape index (κ2) is 4.28. The highest BCUT2D eigenvalue weighted by molar-refractivity contribution is 9.10. The third-order valence-corrected chi connectivity index (χ3v) is 2.28. The van der Waals surface area contributed by atoms with Crippen molar-refractivity contribution in [2.45, 2.75) is 6.61 Å². The lowest BCUT2D eigenvalue weighted by Crippen LogP contribution is -1.94. The number of ether oxygens (including phenoxy) is 1. The number of nitrogens with zero attached hydrogens (tertiary/aromatic N) is 1. The molecule has 2 rings (SSSR count). The lowest BCUT2D eigenvalue weighted by Gasteiger charge is -2.04. The number of pyridine rings is 1. The Morgan fingerprint density at radius 1 is 1.43 bits per heavy atom. The molecule has 2 aromatic rings. The van der Waals surface area contributed by atoms with Crippen LogP contribution in [0.2, 0.25) is 0 Å². The molecule has 0 aromatic carbocycles. The van der Waals surface area contributed by atoms with Crippen molar-refractivity contribution >= 4 is 15.9 Å². The standard InChI is InChI=1S/C10H8BrNO2/c11-9-6-12-4-3-10(9)14-7-8-2-1-5-13-8/h1-6H,7H2. The molecule has 0 radical (unpaired) electrons. The van der Waals surface area contributed by atoms with Gasteiger partial charge in [-0.25, -0.2) is 0 Å². The van der Waals surface area contributed by atoms with Gasteiger partial charge in [-0.2, -0.15) is 0 Å². The van der Waals surface area contributed by atoms with Gasteiger partial charge in [-0.15, -0.1) is 0 Å². The smallest absolute Gasteiger partial charge is 0.146 e. The first-order chi connectivity index (χ1) is 6.86. The van der Waals surface area contributed by atoms with Crippen LogP contribution < -0.4 is 4.74 Å². The van der Waals surface area contributed by atoms with E-state index in [1.807, 2.05) is 12.1 Å². The molecule has 0 spiro atoms. The fourth-order valence-corrected chi connectivity index (χ4v) is 1.39. The molecule has 72 valence electrons. The minimum Gasteiger partial charge on any atom is -0.484 e. The fraction of sp³-hybridized carbons (Fsp3) is 0.100. The third kappa shape index (κ3) is 2.14. The molecule has 0 fully saturated rings. The summed E-state index contributed by atoms with van der Waals surface area (Å²) in [5.74, 6) is 1.56. The van der Waals surface area contributed by atoms with Gasteiger partial charge in [0.05, 0.1) is 10.7 Å². The van der Waals surface area contributed by atoms with Crippen molar-refractivity contribution < 1.29 is 9.15 Å². The SMILES string of the molecule is Brc1cnccc1OCc1ccco1. The Labute approximate surface area is 89.8 Å². The molecule has 2 heterocycles. The molecule has 4 heteroatoms. The van der Waals surface area contributed by atoms with Crippen LogP contribution in [0.1, 0.15) is 5.76 Å². The number of furan rings is 1. The number of halogens is 1. The molecule has 0 N–H and O–H groups in total. The zero-order valence-electron chi connectivity index (χ0n) is 7.31.